The molecule has 3 rings (SSSR count). The molecule has 1 saturated carbocycles. The van der Waals surface area contributed by atoms with Crippen molar-refractivity contribution in [3.8, 4) is 0 Å². The molecule has 1 heterocycles. The van der Waals surface area contributed by atoms with E-state index in [1.165, 1.54) is 22.5 Å². The van der Waals surface area contributed by atoms with Crippen molar-refractivity contribution in [2.75, 3.05) is 0 Å². The Kier molecular flexibility index (Phi) is 2.63. The van der Waals surface area contributed by atoms with Crippen LogP contribution in [0.25, 0.3) is 10.2 Å². The number of nitrogens with zero attached hydrogens (tertiary/aromatic N) is 1. The van der Waals surface area contributed by atoms with Gasteiger partial charge in [-0.25, -0.2) is 4.98 Å². The van der Waals surface area contributed by atoms with Gasteiger partial charge in [0.25, 0.3) is 0 Å². The van der Waals surface area contributed by atoms with Gasteiger partial charge in [0.2, 0.25) is 0 Å². The number of para-hydroxylation sites is 1. The number of hydrogen-bond acceptors (Lipinski definition) is 4. The molecule has 0 spiro atoms. The van der Waals surface area contributed by atoms with Crippen LogP contribution in [0.1, 0.15) is 17.8 Å². The van der Waals surface area contributed by atoms with Crippen LogP contribution >= 0.6 is 11.3 Å². The lowest BCUT2D eigenvalue weighted by Gasteiger charge is -2.12. The first-order valence-electron chi connectivity index (χ1n) is 5.67. The molecular formula is C12H15N3S. The Balaban J connectivity index is 1.82. The minimum Gasteiger partial charge on any atom is -0.271 e. The van der Waals surface area contributed by atoms with Crippen LogP contribution in [-0.2, 0) is 6.42 Å². The molecule has 3 nitrogen and oxygen atoms in total. The van der Waals surface area contributed by atoms with E-state index in [9.17, 15) is 0 Å². The summed E-state index contributed by atoms with van der Waals surface area (Å²) in [5.74, 6) is 6.34. The number of fused-ring (bicyclic) bond motifs is 1. The summed E-state index contributed by atoms with van der Waals surface area (Å²) in [4.78, 5) is 4.63. The van der Waals surface area contributed by atoms with E-state index in [1.54, 1.807) is 11.3 Å². The molecule has 4 heteroatoms. The second-order valence-corrected chi connectivity index (χ2v) is 5.51. The fourth-order valence-corrected chi connectivity index (χ4v) is 3.08. The normalized spacial score (nSPS) is 17.8. The summed E-state index contributed by atoms with van der Waals surface area (Å²) >= 11 is 1.78. The second-order valence-electron chi connectivity index (χ2n) is 4.39. The Bertz CT molecular complexity index is 457. The van der Waals surface area contributed by atoms with Crippen LogP contribution in [-0.4, -0.2) is 11.0 Å². The van der Waals surface area contributed by atoms with E-state index in [0.717, 1.165) is 17.9 Å². The highest BCUT2D eigenvalue weighted by molar-refractivity contribution is 7.18. The van der Waals surface area contributed by atoms with Crippen LogP contribution in [0.15, 0.2) is 24.3 Å². The van der Waals surface area contributed by atoms with E-state index in [2.05, 4.69) is 28.6 Å². The lowest BCUT2D eigenvalue weighted by Crippen LogP contribution is -2.38. The summed E-state index contributed by atoms with van der Waals surface area (Å²) in [6.07, 6.45) is 3.57. The van der Waals surface area contributed by atoms with Gasteiger partial charge < -0.3 is 0 Å². The molecule has 1 fully saturated rings. The molecule has 0 saturated heterocycles. The Hall–Kier alpha value is -0.970. The minimum atomic E-state index is 0.403. The van der Waals surface area contributed by atoms with E-state index < -0.39 is 0 Å². The number of hydrogen-bond donors (Lipinski definition) is 2. The van der Waals surface area contributed by atoms with Crippen molar-refractivity contribution in [2.45, 2.75) is 25.3 Å². The molecule has 1 aromatic heterocycles. The molecule has 3 N–H and O–H groups in total. The quantitative estimate of drug-likeness (QED) is 0.628. The molecule has 0 amide bonds. The van der Waals surface area contributed by atoms with E-state index >= 15 is 0 Å². The van der Waals surface area contributed by atoms with Crippen LogP contribution in [0.5, 0.6) is 0 Å². The number of hydrazine groups is 1. The van der Waals surface area contributed by atoms with Crippen LogP contribution in [0, 0.1) is 5.92 Å². The van der Waals surface area contributed by atoms with Gasteiger partial charge in [0.15, 0.2) is 0 Å². The number of aromatic nitrogens is 1. The van der Waals surface area contributed by atoms with Gasteiger partial charge in [-0.15, -0.1) is 11.3 Å². The maximum atomic E-state index is 5.58. The number of nitrogens with two attached hydrogens (primary N) is 1. The molecule has 1 aromatic carbocycles. The molecule has 1 unspecified atom stereocenters. The van der Waals surface area contributed by atoms with Crippen LogP contribution < -0.4 is 11.3 Å². The fraction of sp³-hybridized carbons (Fsp3) is 0.417. The standard InChI is InChI=1S/C12H15N3S/c13-15-10(8-5-6-8)7-12-14-9-3-1-2-4-11(9)16-12/h1-4,8,10,15H,5-7,13H2. The maximum absolute atomic E-state index is 5.58. The van der Waals surface area contributed by atoms with Gasteiger partial charge in [0.05, 0.1) is 15.2 Å². The number of rotatable bonds is 4. The highest BCUT2D eigenvalue weighted by atomic mass is 32.1. The first kappa shape index (κ1) is 10.2. The molecule has 2 aromatic rings. The van der Waals surface area contributed by atoms with E-state index in [0.29, 0.717) is 6.04 Å². The molecule has 0 bridgehead atoms. The average molecular weight is 233 g/mol. The zero-order valence-corrected chi connectivity index (χ0v) is 9.83. The monoisotopic (exact) mass is 233 g/mol. The molecule has 1 aliphatic rings. The third-order valence-electron chi connectivity index (χ3n) is 3.14. The Morgan fingerprint density at radius 2 is 2.25 bits per heavy atom. The number of thiazole rings is 1. The van der Waals surface area contributed by atoms with Crippen LogP contribution in [0.2, 0.25) is 0 Å². The van der Waals surface area contributed by atoms with Gasteiger partial charge in [0, 0.05) is 12.5 Å². The molecule has 84 valence electrons. The summed E-state index contributed by atoms with van der Waals surface area (Å²) in [6.45, 7) is 0. The van der Waals surface area contributed by atoms with Gasteiger partial charge in [-0.2, -0.15) is 0 Å². The zero-order valence-electron chi connectivity index (χ0n) is 9.02. The maximum Gasteiger partial charge on any atom is 0.0954 e. The summed E-state index contributed by atoms with van der Waals surface area (Å²) in [7, 11) is 0. The molecule has 1 aliphatic carbocycles. The zero-order chi connectivity index (χ0) is 11.0. The van der Waals surface area contributed by atoms with Crippen molar-refractivity contribution >= 4 is 21.6 Å². The van der Waals surface area contributed by atoms with Gasteiger partial charge in [-0.05, 0) is 30.9 Å². The van der Waals surface area contributed by atoms with Gasteiger partial charge in [-0.3, -0.25) is 11.3 Å². The second kappa shape index (κ2) is 4.13. The third-order valence-corrected chi connectivity index (χ3v) is 4.20. The summed E-state index contributed by atoms with van der Waals surface area (Å²) in [5, 5.41) is 1.19. The van der Waals surface area contributed by atoms with Gasteiger partial charge in [0.1, 0.15) is 0 Å². The van der Waals surface area contributed by atoms with Crippen molar-refractivity contribution in [2.24, 2.45) is 11.8 Å². The van der Waals surface area contributed by atoms with Gasteiger partial charge in [-0.1, -0.05) is 12.1 Å². The van der Waals surface area contributed by atoms with Crippen molar-refractivity contribution in [3.63, 3.8) is 0 Å². The van der Waals surface area contributed by atoms with Gasteiger partial charge >= 0.3 is 0 Å². The van der Waals surface area contributed by atoms with Crippen molar-refractivity contribution in [1.29, 1.82) is 0 Å². The Morgan fingerprint density at radius 1 is 1.44 bits per heavy atom. The first-order valence-corrected chi connectivity index (χ1v) is 6.49. The lowest BCUT2D eigenvalue weighted by atomic mass is 10.1. The minimum absolute atomic E-state index is 0.403. The predicted molar refractivity (Wildman–Crippen MR) is 67.2 cm³/mol. The largest absolute Gasteiger partial charge is 0.271 e. The van der Waals surface area contributed by atoms with E-state index in [4.69, 9.17) is 5.84 Å². The van der Waals surface area contributed by atoms with Crippen molar-refractivity contribution < 1.29 is 0 Å². The molecule has 16 heavy (non-hydrogen) atoms. The van der Waals surface area contributed by atoms with Crippen molar-refractivity contribution in [1.82, 2.24) is 10.4 Å². The predicted octanol–water partition coefficient (Wildman–Crippen LogP) is 2.08. The SMILES string of the molecule is NNC(Cc1nc2ccccc2s1)C1CC1. The first-order chi connectivity index (χ1) is 7.86. The highest BCUT2D eigenvalue weighted by Gasteiger charge is 2.31. The van der Waals surface area contributed by atoms with Crippen LogP contribution in [0.4, 0.5) is 0 Å². The summed E-state index contributed by atoms with van der Waals surface area (Å²) < 4.78 is 1.27. The highest BCUT2D eigenvalue weighted by Crippen LogP contribution is 2.34. The fourth-order valence-electron chi connectivity index (χ4n) is 2.06. The number of benzene rings is 1. The molecule has 1 atom stereocenters. The van der Waals surface area contributed by atoms with Crippen LogP contribution in [0.3, 0.4) is 0 Å². The summed E-state index contributed by atoms with van der Waals surface area (Å²) in [6, 6.07) is 8.69. The topological polar surface area (TPSA) is 50.9 Å². The van der Waals surface area contributed by atoms with E-state index in [1.807, 2.05) is 6.07 Å². The average Bonchev–Trinajstić information content (AvgIpc) is 3.06. The lowest BCUT2D eigenvalue weighted by molar-refractivity contribution is 0.472. The Labute approximate surface area is 98.7 Å². The summed E-state index contributed by atoms with van der Waals surface area (Å²) in [5.41, 5.74) is 4.03. The third kappa shape index (κ3) is 1.96. The Morgan fingerprint density at radius 3 is 2.94 bits per heavy atom. The molecule has 0 aliphatic heterocycles. The smallest absolute Gasteiger partial charge is 0.0954 e. The van der Waals surface area contributed by atoms with E-state index in [-0.39, 0.29) is 0 Å². The molecule has 0 radical (unpaired) electrons. The van der Waals surface area contributed by atoms with Crippen molar-refractivity contribution in [3.05, 3.63) is 29.3 Å². The number of nitrogens with one attached hydrogen (secondary N) is 1. The molecular weight excluding hydrogens is 218 g/mol.